The number of rotatable bonds is 2. The molecule has 2 aliphatic heterocycles. The molecule has 0 N–H and O–H groups in total. The summed E-state index contributed by atoms with van der Waals surface area (Å²) < 4.78 is 5.72. The first-order valence-corrected chi connectivity index (χ1v) is 5.53. The molecular formula is C12H18O2. The van der Waals surface area contributed by atoms with Gasteiger partial charge >= 0.3 is 0 Å². The third kappa shape index (κ3) is 1.76. The van der Waals surface area contributed by atoms with Gasteiger partial charge in [0.15, 0.2) is 5.78 Å². The number of carbonyl (C=O) groups excluding carboxylic acids is 1. The molecule has 2 unspecified atom stereocenters. The zero-order chi connectivity index (χ0) is 10.1. The van der Waals surface area contributed by atoms with Crippen molar-refractivity contribution in [3.63, 3.8) is 0 Å². The normalized spacial score (nSPS) is 37.3. The van der Waals surface area contributed by atoms with E-state index in [0.29, 0.717) is 18.0 Å². The molecule has 78 valence electrons. The molecule has 2 bridgehead atoms. The minimum atomic E-state index is 0.234. The Morgan fingerprint density at radius 3 is 2.36 bits per heavy atom. The summed E-state index contributed by atoms with van der Waals surface area (Å²) in [6, 6.07) is 0. The van der Waals surface area contributed by atoms with Crippen molar-refractivity contribution < 1.29 is 9.53 Å². The van der Waals surface area contributed by atoms with Gasteiger partial charge in [-0.1, -0.05) is 6.08 Å². The van der Waals surface area contributed by atoms with Crippen LogP contribution >= 0.6 is 0 Å². The van der Waals surface area contributed by atoms with E-state index in [0.717, 1.165) is 31.3 Å². The smallest absolute Gasteiger partial charge is 0.161 e. The van der Waals surface area contributed by atoms with Gasteiger partial charge in [-0.3, -0.25) is 4.79 Å². The van der Waals surface area contributed by atoms with Crippen LogP contribution in [-0.4, -0.2) is 18.0 Å². The Hall–Kier alpha value is -0.630. The van der Waals surface area contributed by atoms with E-state index in [1.807, 2.05) is 19.9 Å². The zero-order valence-electron chi connectivity index (χ0n) is 8.95. The third-order valence-corrected chi connectivity index (χ3v) is 3.48. The van der Waals surface area contributed by atoms with Crippen molar-refractivity contribution >= 4 is 5.78 Å². The van der Waals surface area contributed by atoms with Crippen LogP contribution in [0.1, 0.15) is 39.5 Å². The lowest BCUT2D eigenvalue weighted by Gasteiger charge is -2.27. The third-order valence-electron chi connectivity index (χ3n) is 3.48. The highest BCUT2D eigenvalue weighted by Gasteiger charge is 2.37. The standard InChI is InChI=1S/C12H18O2/c1-3-8(2)12(13)9-6-10-4-5-11(7-9)14-10/h3,9-11H,4-7H2,1-2H3. The molecule has 0 aromatic carbocycles. The maximum Gasteiger partial charge on any atom is 0.161 e. The molecule has 2 aliphatic rings. The highest BCUT2D eigenvalue weighted by molar-refractivity contribution is 5.96. The van der Waals surface area contributed by atoms with E-state index in [2.05, 4.69) is 0 Å². The summed E-state index contributed by atoms with van der Waals surface area (Å²) in [7, 11) is 0. The van der Waals surface area contributed by atoms with Gasteiger partial charge in [0.2, 0.25) is 0 Å². The fraction of sp³-hybridized carbons (Fsp3) is 0.750. The molecule has 0 saturated carbocycles. The molecule has 0 aromatic rings. The Bertz CT molecular complexity index is 255. The summed E-state index contributed by atoms with van der Waals surface area (Å²) >= 11 is 0. The summed E-state index contributed by atoms with van der Waals surface area (Å²) in [4.78, 5) is 11.9. The lowest BCUT2D eigenvalue weighted by atomic mass is 9.88. The first-order valence-electron chi connectivity index (χ1n) is 5.53. The van der Waals surface area contributed by atoms with E-state index in [1.165, 1.54) is 0 Å². The molecule has 0 aromatic heterocycles. The molecule has 0 spiro atoms. The number of ketones is 1. The fourth-order valence-electron chi connectivity index (χ4n) is 2.54. The van der Waals surface area contributed by atoms with Crippen molar-refractivity contribution in [2.24, 2.45) is 5.92 Å². The highest BCUT2D eigenvalue weighted by Crippen LogP contribution is 2.36. The zero-order valence-corrected chi connectivity index (χ0v) is 8.95. The Morgan fingerprint density at radius 1 is 1.29 bits per heavy atom. The van der Waals surface area contributed by atoms with Crippen LogP contribution in [0.2, 0.25) is 0 Å². The van der Waals surface area contributed by atoms with Gasteiger partial charge < -0.3 is 4.74 Å². The van der Waals surface area contributed by atoms with E-state index >= 15 is 0 Å². The monoisotopic (exact) mass is 194 g/mol. The quantitative estimate of drug-likeness (QED) is 0.631. The summed E-state index contributed by atoms with van der Waals surface area (Å²) in [5.74, 6) is 0.574. The van der Waals surface area contributed by atoms with Gasteiger partial charge in [0.1, 0.15) is 0 Å². The van der Waals surface area contributed by atoms with Crippen LogP contribution in [0.3, 0.4) is 0 Å². The van der Waals surface area contributed by atoms with Crippen LogP contribution < -0.4 is 0 Å². The molecule has 0 radical (unpaired) electrons. The summed E-state index contributed by atoms with van der Waals surface area (Å²) in [5.41, 5.74) is 0.913. The summed E-state index contributed by atoms with van der Waals surface area (Å²) in [5, 5.41) is 0. The highest BCUT2D eigenvalue weighted by atomic mass is 16.5. The van der Waals surface area contributed by atoms with Crippen LogP contribution in [0.25, 0.3) is 0 Å². The van der Waals surface area contributed by atoms with Crippen LogP contribution in [0, 0.1) is 5.92 Å². The molecule has 14 heavy (non-hydrogen) atoms. The fourth-order valence-corrected chi connectivity index (χ4v) is 2.54. The van der Waals surface area contributed by atoms with E-state index in [9.17, 15) is 4.79 Å². The Morgan fingerprint density at radius 2 is 1.86 bits per heavy atom. The Kier molecular flexibility index (Phi) is 2.73. The maximum absolute atomic E-state index is 11.9. The topological polar surface area (TPSA) is 26.3 Å². The lowest BCUT2D eigenvalue weighted by molar-refractivity contribution is -0.124. The van der Waals surface area contributed by atoms with Gasteiger partial charge in [-0.2, -0.15) is 0 Å². The second kappa shape index (κ2) is 3.85. The average molecular weight is 194 g/mol. The number of allylic oxidation sites excluding steroid dienone is 2. The molecule has 2 heteroatoms. The van der Waals surface area contributed by atoms with Crippen molar-refractivity contribution in [1.29, 1.82) is 0 Å². The minimum absolute atomic E-state index is 0.234. The van der Waals surface area contributed by atoms with Gasteiger partial charge in [-0.05, 0) is 45.1 Å². The largest absolute Gasteiger partial charge is 0.375 e. The van der Waals surface area contributed by atoms with E-state index in [1.54, 1.807) is 0 Å². The summed E-state index contributed by atoms with van der Waals surface area (Å²) in [6.07, 6.45) is 6.85. The van der Waals surface area contributed by atoms with Crippen molar-refractivity contribution in [1.82, 2.24) is 0 Å². The second-order valence-corrected chi connectivity index (χ2v) is 4.46. The van der Waals surface area contributed by atoms with Gasteiger partial charge in [-0.25, -0.2) is 0 Å². The Labute approximate surface area is 85.3 Å². The predicted molar refractivity (Wildman–Crippen MR) is 55.1 cm³/mol. The average Bonchev–Trinajstić information content (AvgIpc) is 2.55. The van der Waals surface area contributed by atoms with Crippen LogP contribution in [0.15, 0.2) is 11.6 Å². The molecule has 2 fully saturated rings. The molecule has 2 atom stereocenters. The molecule has 2 nitrogen and oxygen atoms in total. The SMILES string of the molecule is CC=C(C)C(=O)C1CC2CCC(C1)O2. The number of hydrogen-bond donors (Lipinski definition) is 0. The van der Waals surface area contributed by atoms with Crippen molar-refractivity contribution in [2.45, 2.75) is 51.7 Å². The number of Topliss-reactive ketones (excluding diaryl/α,β-unsaturated/α-hetero) is 1. The molecule has 2 rings (SSSR count). The van der Waals surface area contributed by atoms with E-state index in [-0.39, 0.29) is 5.92 Å². The van der Waals surface area contributed by atoms with Gasteiger partial charge in [0.05, 0.1) is 12.2 Å². The minimum Gasteiger partial charge on any atom is -0.375 e. The molecule has 0 amide bonds. The molecular weight excluding hydrogens is 176 g/mol. The lowest BCUT2D eigenvalue weighted by Crippen LogP contribution is -2.30. The van der Waals surface area contributed by atoms with E-state index < -0.39 is 0 Å². The maximum atomic E-state index is 11.9. The van der Waals surface area contributed by atoms with Crippen molar-refractivity contribution in [2.75, 3.05) is 0 Å². The van der Waals surface area contributed by atoms with Gasteiger partial charge in [0.25, 0.3) is 0 Å². The van der Waals surface area contributed by atoms with Crippen LogP contribution in [-0.2, 0) is 9.53 Å². The van der Waals surface area contributed by atoms with Crippen molar-refractivity contribution in [3.05, 3.63) is 11.6 Å². The van der Waals surface area contributed by atoms with Crippen molar-refractivity contribution in [3.8, 4) is 0 Å². The number of carbonyl (C=O) groups is 1. The number of hydrogen-bond acceptors (Lipinski definition) is 2. The molecule has 2 saturated heterocycles. The number of fused-ring (bicyclic) bond motifs is 2. The molecule has 0 aliphatic carbocycles. The summed E-state index contributed by atoms with van der Waals surface area (Å²) in [6.45, 7) is 3.85. The predicted octanol–water partition coefficient (Wildman–Crippen LogP) is 2.48. The van der Waals surface area contributed by atoms with Crippen LogP contribution in [0.5, 0.6) is 0 Å². The Balaban J connectivity index is 2.03. The number of ether oxygens (including phenoxy) is 1. The second-order valence-electron chi connectivity index (χ2n) is 4.46. The van der Waals surface area contributed by atoms with Gasteiger partial charge in [-0.15, -0.1) is 0 Å². The van der Waals surface area contributed by atoms with Gasteiger partial charge in [0, 0.05) is 5.92 Å². The molecule has 2 heterocycles. The van der Waals surface area contributed by atoms with E-state index in [4.69, 9.17) is 4.74 Å². The van der Waals surface area contributed by atoms with Crippen LogP contribution in [0.4, 0.5) is 0 Å². The first-order chi connectivity index (χ1) is 6.70. The first kappa shape index (κ1) is 9.91.